The third-order valence-corrected chi connectivity index (χ3v) is 4.24. The molecule has 1 heterocycles. The molecule has 0 spiro atoms. The highest BCUT2D eigenvalue weighted by Crippen LogP contribution is 2.25. The van der Waals surface area contributed by atoms with Crippen molar-refractivity contribution in [1.29, 1.82) is 0 Å². The zero-order valence-corrected chi connectivity index (χ0v) is 11.9. The fraction of sp³-hybridized carbons (Fsp3) is 0.100. The Kier molecular flexibility index (Phi) is 3.31. The van der Waals surface area contributed by atoms with Crippen LogP contribution in [0.1, 0.15) is 0 Å². The van der Waals surface area contributed by atoms with E-state index in [1.165, 1.54) is 16.9 Å². The van der Waals surface area contributed by atoms with Crippen LogP contribution in [0.2, 0.25) is 0 Å². The molecule has 0 atom stereocenters. The highest BCUT2D eigenvalue weighted by Gasteiger charge is 2.18. The van der Waals surface area contributed by atoms with Gasteiger partial charge in [0, 0.05) is 11.5 Å². The number of hydrogen-bond donors (Lipinski definition) is 2. The highest BCUT2D eigenvalue weighted by molar-refractivity contribution is 9.10. The van der Waals surface area contributed by atoms with Gasteiger partial charge in [-0.1, -0.05) is 15.9 Å². The molecule has 0 fully saturated rings. The lowest BCUT2D eigenvalue weighted by molar-refractivity contribution is 0.582. The zero-order valence-electron chi connectivity index (χ0n) is 9.46. The van der Waals surface area contributed by atoms with Gasteiger partial charge in [-0.2, -0.15) is 13.5 Å². The number of rotatable bonds is 3. The summed E-state index contributed by atoms with van der Waals surface area (Å²) in [6.07, 6.45) is 1.42. The number of aryl methyl sites for hydroxylation is 1. The Morgan fingerprint density at radius 3 is 2.67 bits per heavy atom. The number of nitrogen functional groups attached to an aromatic ring is 1. The van der Waals surface area contributed by atoms with Crippen LogP contribution in [-0.2, 0) is 17.1 Å². The van der Waals surface area contributed by atoms with Crippen molar-refractivity contribution in [1.82, 2.24) is 9.78 Å². The third-order valence-electron chi connectivity index (χ3n) is 2.31. The van der Waals surface area contributed by atoms with E-state index in [1.807, 2.05) is 0 Å². The number of anilines is 2. The van der Waals surface area contributed by atoms with Crippen molar-refractivity contribution >= 4 is 37.3 Å². The van der Waals surface area contributed by atoms with Crippen LogP contribution in [0.3, 0.4) is 0 Å². The molecule has 18 heavy (non-hydrogen) atoms. The van der Waals surface area contributed by atoms with Crippen molar-refractivity contribution in [2.75, 3.05) is 10.5 Å². The summed E-state index contributed by atoms with van der Waals surface area (Å²) in [7, 11) is -2.13. The van der Waals surface area contributed by atoms with E-state index in [-0.39, 0.29) is 5.03 Å². The Hall–Kier alpha value is -1.54. The molecule has 8 heteroatoms. The molecule has 1 aromatic carbocycles. The molecule has 2 aromatic rings. The van der Waals surface area contributed by atoms with E-state index in [9.17, 15) is 8.42 Å². The first-order valence-electron chi connectivity index (χ1n) is 4.96. The average molecular weight is 331 g/mol. The van der Waals surface area contributed by atoms with Crippen LogP contribution in [0.5, 0.6) is 0 Å². The lowest BCUT2D eigenvalue weighted by Gasteiger charge is -2.10. The predicted molar refractivity (Wildman–Crippen MR) is 72.6 cm³/mol. The van der Waals surface area contributed by atoms with E-state index < -0.39 is 10.0 Å². The van der Waals surface area contributed by atoms with Crippen LogP contribution < -0.4 is 10.5 Å². The quantitative estimate of drug-likeness (QED) is 0.836. The predicted octanol–water partition coefficient (Wildman–Crippen LogP) is 1.57. The molecular formula is C10H11BrN4O2S. The number of halogens is 1. The van der Waals surface area contributed by atoms with Gasteiger partial charge in [-0.3, -0.25) is 9.40 Å². The molecule has 0 aliphatic heterocycles. The number of aromatic nitrogens is 2. The van der Waals surface area contributed by atoms with Gasteiger partial charge in [-0.05, 0) is 24.3 Å². The maximum atomic E-state index is 12.1. The Balaban J connectivity index is 2.37. The van der Waals surface area contributed by atoms with Gasteiger partial charge < -0.3 is 5.73 Å². The summed E-state index contributed by atoms with van der Waals surface area (Å²) < 4.78 is 28.6. The van der Waals surface area contributed by atoms with E-state index >= 15 is 0 Å². The lowest BCUT2D eigenvalue weighted by atomic mass is 10.3. The molecule has 6 nitrogen and oxygen atoms in total. The van der Waals surface area contributed by atoms with Crippen molar-refractivity contribution in [2.45, 2.75) is 5.03 Å². The lowest BCUT2D eigenvalue weighted by Crippen LogP contribution is -2.17. The number of benzene rings is 1. The fourth-order valence-electron chi connectivity index (χ4n) is 1.45. The fourth-order valence-corrected chi connectivity index (χ4v) is 3.04. The molecule has 96 valence electrons. The summed E-state index contributed by atoms with van der Waals surface area (Å²) in [5, 5.41) is 3.89. The molecule has 0 radical (unpaired) electrons. The van der Waals surface area contributed by atoms with Crippen molar-refractivity contribution < 1.29 is 8.42 Å². The standard InChI is InChI=1S/C10H11BrN4O2S/c1-15-10(4-5-13-15)18(16,17)14-9-3-2-7(11)6-8(9)12/h2-6,14H,12H2,1H3. The van der Waals surface area contributed by atoms with Crippen molar-refractivity contribution in [3.63, 3.8) is 0 Å². The van der Waals surface area contributed by atoms with Crippen LogP contribution in [0, 0.1) is 0 Å². The monoisotopic (exact) mass is 330 g/mol. The summed E-state index contributed by atoms with van der Waals surface area (Å²) in [4.78, 5) is 0. The summed E-state index contributed by atoms with van der Waals surface area (Å²) in [5.74, 6) is 0. The molecule has 0 unspecified atom stereocenters. The molecule has 0 aliphatic carbocycles. The first-order chi connectivity index (χ1) is 8.40. The van der Waals surface area contributed by atoms with Crippen LogP contribution in [0.15, 0.2) is 40.0 Å². The van der Waals surface area contributed by atoms with Crippen molar-refractivity contribution in [3.8, 4) is 0 Å². The van der Waals surface area contributed by atoms with Crippen molar-refractivity contribution in [3.05, 3.63) is 34.9 Å². The molecule has 0 amide bonds. The summed E-state index contributed by atoms with van der Waals surface area (Å²) in [6, 6.07) is 6.34. The highest BCUT2D eigenvalue weighted by atomic mass is 79.9. The van der Waals surface area contributed by atoms with Gasteiger partial charge in [-0.15, -0.1) is 0 Å². The summed E-state index contributed by atoms with van der Waals surface area (Å²) in [5.41, 5.74) is 6.42. The van der Waals surface area contributed by atoms with Gasteiger partial charge in [-0.25, -0.2) is 0 Å². The largest absolute Gasteiger partial charge is 0.397 e. The molecule has 0 saturated heterocycles. The molecule has 2 rings (SSSR count). The van der Waals surface area contributed by atoms with Crippen molar-refractivity contribution in [2.24, 2.45) is 7.05 Å². The molecule has 3 N–H and O–H groups in total. The average Bonchev–Trinajstić information content (AvgIpc) is 2.69. The number of hydrogen-bond acceptors (Lipinski definition) is 4. The van der Waals surface area contributed by atoms with E-state index in [2.05, 4.69) is 25.8 Å². The van der Waals surface area contributed by atoms with Gasteiger partial charge >= 0.3 is 0 Å². The maximum absolute atomic E-state index is 12.1. The van der Waals surface area contributed by atoms with E-state index in [0.717, 1.165) is 4.47 Å². The second kappa shape index (κ2) is 4.62. The summed E-state index contributed by atoms with van der Waals surface area (Å²) in [6.45, 7) is 0. The van der Waals surface area contributed by atoms with Gasteiger partial charge in [0.25, 0.3) is 10.0 Å². The first-order valence-corrected chi connectivity index (χ1v) is 7.23. The number of nitrogens with two attached hydrogens (primary N) is 1. The minimum atomic E-state index is -3.68. The number of sulfonamides is 1. The Morgan fingerprint density at radius 1 is 1.39 bits per heavy atom. The number of nitrogens with one attached hydrogen (secondary N) is 1. The van der Waals surface area contributed by atoms with Gasteiger partial charge in [0.15, 0.2) is 5.03 Å². The maximum Gasteiger partial charge on any atom is 0.279 e. The van der Waals surface area contributed by atoms with Gasteiger partial charge in [0.1, 0.15) is 0 Å². The molecule has 0 saturated carbocycles. The normalized spacial score (nSPS) is 11.4. The molecule has 1 aromatic heterocycles. The zero-order chi connectivity index (χ0) is 13.3. The molecular weight excluding hydrogens is 320 g/mol. The van der Waals surface area contributed by atoms with Gasteiger partial charge in [0.05, 0.1) is 17.6 Å². The van der Waals surface area contributed by atoms with E-state index in [0.29, 0.717) is 11.4 Å². The van der Waals surface area contributed by atoms with E-state index in [1.54, 1.807) is 25.2 Å². The molecule has 0 bridgehead atoms. The second-order valence-electron chi connectivity index (χ2n) is 3.63. The topological polar surface area (TPSA) is 90.0 Å². The molecule has 0 aliphatic rings. The SMILES string of the molecule is Cn1nccc1S(=O)(=O)Nc1ccc(Br)cc1N. The second-order valence-corrected chi connectivity index (χ2v) is 6.18. The van der Waals surface area contributed by atoms with Crippen LogP contribution >= 0.6 is 15.9 Å². The Labute approximate surface area is 113 Å². The Bertz CT molecular complexity index is 681. The van der Waals surface area contributed by atoms with Crippen LogP contribution in [0.25, 0.3) is 0 Å². The smallest absolute Gasteiger partial charge is 0.279 e. The van der Waals surface area contributed by atoms with Crippen LogP contribution in [0.4, 0.5) is 11.4 Å². The minimum Gasteiger partial charge on any atom is -0.397 e. The minimum absolute atomic E-state index is 0.0739. The first kappa shape index (κ1) is 12.9. The van der Waals surface area contributed by atoms with Crippen LogP contribution in [-0.4, -0.2) is 18.2 Å². The number of nitrogens with zero attached hydrogens (tertiary/aromatic N) is 2. The van der Waals surface area contributed by atoms with Gasteiger partial charge in [0.2, 0.25) is 0 Å². The third kappa shape index (κ3) is 2.49. The summed E-state index contributed by atoms with van der Waals surface area (Å²) >= 11 is 3.25. The van der Waals surface area contributed by atoms with E-state index in [4.69, 9.17) is 5.73 Å². The Morgan fingerprint density at radius 2 is 2.11 bits per heavy atom.